The molecule has 0 aromatic rings. The highest BCUT2D eigenvalue weighted by Gasteiger charge is 2.24. The molecular weight excluding hydrogens is 667 g/mol. The van der Waals surface area contributed by atoms with E-state index in [9.17, 15) is 22.9 Å². The highest BCUT2D eigenvalue weighted by Crippen LogP contribution is 2.14. The Kier molecular flexibility index (Phi) is 37.7. The second-order valence-corrected chi connectivity index (χ2v) is 16.4. The summed E-state index contributed by atoms with van der Waals surface area (Å²) in [5, 5.41) is 13.2. The highest BCUT2D eigenvalue weighted by atomic mass is 32.2. The fourth-order valence-corrected chi connectivity index (χ4v) is 7.15. The van der Waals surface area contributed by atoms with Crippen molar-refractivity contribution >= 4 is 16.0 Å². The minimum absolute atomic E-state index is 0.282. The van der Waals surface area contributed by atoms with E-state index in [1.165, 1.54) is 154 Å². The Labute approximate surface area is 322 Å². The molecule has 2 atom stereocenters. The molecule has 0 bridgehead atoms. The first-order chi connectivity index (χ1) is 25.3. The molecule has 0 saturated carbocycles. The molecular formula is C45H83NO5S. The average Bonchev–Trinajstić information content (AvgIpc) is 3.11. The van der Waals surface area contributed by atoms with Gasteiger partial charge in [-0.2, -0.15) is 8.42 Å². The van der Waals surface area contributed by atoms with Crippen LogP contribution in [0.25, 0.3) is 0 Å². The van der Waals surface area contributed by atoms with Gasteiger partial charge in [0.25, 0.3) is 10.1 Å². The molecule has 0 radical (unpaired) electrons. The van der Waals surface area contributed by atoms with E-state index in [0.717, 1.165) is 38.5 Å². The van der Waals surface area contributed by atoms with Gasteiger partial charge in [0, 0.05) is 6.42 Å². The third-order valence-electron chi connectivity index (χ3n) is 9.71. The number of hydrogen-bond donors (Lipinski definition) is 3. The lowest BCUT2D eigenvalue weighted by Crippen LogP contribution is -2.46. The molecule has 0 aliphatic heterocycles. The van der Waals surface area contributed by atoms with Gasteiger partial charge in [-0.05, 0) is 70.6 Å². The smallest absolute Gasteiger partial charge is 0.267 e. The molecule has 7 heteroatoms. The van der Waals surface area contributed by atoms with Crippen molar-refractivity contribution in [1.29, 1.82) is 0 Å². The number of allylic oxidation sites excluding steroid dienone is 7. The molecule has 0 aromatic carbocycles. The van der Waals surface area contributed by atoms with E-state index < -0.39 is 28.0 Å². The van der Waals surface area contributed by atoms with E-state index in [1.54, 1.807) is 6.08 Å². The van der Waals surface area contributed by atoms with Crippen LogP contribution in [0.2, 0.25) is 0 Å². The lowest BCUT2D eigenvalue weighted by atomic mass is 10.0. The number of aliphatic hydroxyl groups excluding tert-OH is 1. The maximum atomic E-state index is 12.5. The number of unbranched alkanes of at least 4 members (excludes halogenated alkanes) is 25. The van der Waals surface area contributed by atoms with Crippen LogP contribution in [0.4, 0.5) is 0 Å². The Morgan fingerprint density at radius 2 is 0.827 bits per heavy atom. The van der Waals surface area contributed by atoms with Crippen LogP contribution in [-0.4, -0.2) is 41.9 Å². The number of amides is 1. The summed E-state index contributed by atoms with van der Waals surface area (Å²) in [4.78, 5) is 12.5. The lowest BCUT2D eigenvalue weighted by molar-refractivity contribution is -0.122. The zero-order valence-corrected chi connectivity index (χ0v) is 34.7. The van der Waals surface area contributed by atoms with Crippen LogP contribution >= 0.6 is 0 Å². The quantitative estimate of drug-likeness (QED) is 0.0330. The van der Waals surface area contributed by atoms with Gasteiger partial charge in [0.15, 0.2) is 0 Å². The van der Waals surface area contributed by atoms with Gasteiger partial charge in [0.2, 0.25) is 5.91 Å². The zero-order valence-electron chi connectivity index (χ0n) is 33.9. The van der Waals surface area contributed by atoms with Crippen molar-refractivity contribution in [3.8, 4) is 0 Å². The van der Waals surface area contributed by atoms with E-state index in [-0.39, 0.29) is 12.3 Å². The second kappa shape index (κ2) is 39.0. The van der Waals surface area contributed by atoms with Gasteiger partial charge in [-0.15, -0.1) is 0 Å². The molecule has 6 nitrogen and oxygen atoms in total. The Hall–Kier alpha value is -1.70. The number of hydrogen-bond acceptors (Lipinski definition) is 4. The Morgan fingerprint density at radius 3 is 1.21 bits per heavy atom. The van der Waals surface area contributed by atoms with Crippen LogP contribution in [0.3, 0.4) is 0 Å². The third kappa shape index (κ3) is 39.5. The van der Waals surface area contributed by atoms with Crippen molar-refractivity contribution in [2.24, 2.45) is 0 Å². The largest absolute Gasteiger partial charge is 0.387 e. The van der Waals surface area contributed by atoms with Crippen LogP contribution in [0, 0.1) is 0 Å². The standard InChI is InChI=1S/C45H83NO5S/c1-3-5-7-9-11-13-15-17-19-21-22-23-24-25-27-29-31-33-35-37-39-41-45(48)46-43(42-52(49,50)51)44(47)40-38-36-34-32-30-28-26-20-18-16-14-12-10-8-6-4-2/h18,20-22,30,32,38,40,43-44,47H,3-17,19,23-29,31,33-37,39,41-42H2,1-2H3,(H,46,48)(H,49,50,51)/b20-18+,22-21-,32-30+,40-38+. The van der Waals surface area contributed by atoms with Gasteiger partial charge in [0.1, 0.15) is 0 Å². The van der Waals surface area contributed by atoms with Crippen LogP contribution in [0.1, 0.15) is 213 Å². The summed E-state index contributed by atoms with van der Waals surface area (Å²) >= 11 is 0. The van der Waals surface area contributed by atoms with Gasteiger partial charge in [0.05, 0.1) is 17.9 Å². The summed E-state index contributed by atoms with van der Waals surface area (Å²) in [7, 11) is -4.36. The summed E-state index contributed by atoms with van der Waals surface area (Å²) in [5.41, 5.74) is 0. The monoisotopic (exact) mass is 750 g/mol. The Morgan fingerprint density at radius 1 is 0.500 bits per heavy atom. The Bertz CT molecular complexity index is 1000. The average molecular weight is 750 g/mol. The normalized spacial score (nSPS) is 13.7. The van der Waals surface area contributed by atoms with Crippen LogP contribution in [-0.2, 0) is 14.9 Å². The molecule has 52 heavy (non-hydrogen) atoms. The molecule has 0 aliphatic carbocycles. The number of aliphatic hydroxyl groups is 1. The van der Waals surface area contributed by atoms with E-state index in [1.807, 2.05) is 0 Å². The molecule has 3 N–H and O–H groups in total. The molecule has 1 amide bonds. The van der Waals surface area contributed by atoms with Crippen molar-refractivity contribution in [2.45, 2.75) is 225 Å². The van der Waals surface area contributed by atoms with Crippen molar-refractivity contribution in [1.82, 2.24) is 5.32 Å². The maximum absolute atomic E-state index is 12.5. The number of rotatable bonds is 39. The summed E-state index contributed by atoms with van der Waals surface area (Å²) in [5.74, 6) is -1.01. The Balaban J connectivity index is 3.93. The van der Waals surface area contributed by atoms with Crippen molar-refractivity contribution in [3.63, 3.8) is 0 Å². The first-order valence-electron chi connectivity index (χ1n) is 21.8. The van der Waals surface area contributed by atoms with Crippen LogP contribution < -0.4 is 5.32 Å². The number of carbonyl (C=O) groups excluding carboxylic acids is 1. The van der Waals surface area contributed by atoms with Gasteiger partial charge < -0.3 is 10.4 Å². The van der Waals surface area contributed by atoms with Gasteiger partial charge in [-0.1, -0.05) is 184 Å². The van der Waals surface area contributed by atoms with Gasteiger partial charge in [-0.25, -0.2) is 0 Å². The minimum Gasteiger partial charge on any atom is -0.387 e. The highest BCUT2D eigenvalue weighted by molar-refractivity contribution is 7.85. The first kappa shape index (κ1) is 50.3. The van der Waals surface area contributed by atoms with Crippen LogP contribution in [0.15, 0.2) is 48.6 Å². The number of nitrogens with one attached hydrogen (secondary N) is 1. The lowest BCUT2D eigenvalue weighted by Gasteiger charge is -2.21. The SMILES string of the molecule is CCCCCCCC/C=C/CC/C=C/CC/C=C/C(O)C(CS(=O)(=O)O)NC(=O)CCCCCCCCCCC/C=C\CCCCCCCCCC. The number of carbonyl (C=O) groups is 1. The zero-order chi connectivity index (χ0) is 38.2. The second-order valence-electron chi connectivity index (χ2n) is 15.0. The molecule has 0 rings (SSSR count). The molecule has 0 aromatic heterocycles. The predicted octanol–water partition coefficient (Wildman–Crippen LogP) is 13.1. The molecule has 0 fully saturated rings. The summed E-state index contributed by atoms with van der Waals surface area (Å²) in [6.07, 6.45) is 52.4. The van der Waals surface area contributed by atoms with E-state index >= 15 is 0 Å². The first-order valence-corrected chi connectivity index (χ1v) is 23.4. The fraction of sp³-hybridized carbons (Fsp3) is 0.800. The molecule has 2 unspecified atom stereocenters. The van der Waals surface area contributed by atoms with Gasteiger partial charge in [-0.3, -0.25) is 9.35 Å². The van der Waals surface area contributed by atoms with Crippen molar-refractivity contribution < 1.29 is 22.9 Å². The molecule has 0 spiro atoms. The molecule has 0 saturated heterocycles. The van der Waals surface area contributed by atoms with Crippen LogP contribution in [0.5, 0.6) is 0 Å². The molecule has 0 aliphatic rings. The van der Waals surface area contributed by atoms with E-state index in [2.05, 4.69) is 55.6 Å². The summed E-state index contributed by atoms with van der Waals surface area (Å²) in [6.45, 7) is 4.52. The van der Waals surface area contributed by atoms with Crippen molar-refractivity contribution in [2.75, 3.05) is 5.75 Å². The van der Waals surface area contributed by atoms with Crippen molar-refractivity contribution in [3.05, 3.63) is 48.6 Å². The third-order valence-corrected chi connectivity index (χ3v) is 10.5. The molecule has 0 heterocycles. The maximum Gasteiger partial charge on any atom is 0.267 e. The summed E-state index contributed by atoms with van der Waals surface area (Å²) in [6, 6.07) is -1.08. The molecule has 304 valence electrons. The summed E-state index contributed by atoms with van der Waals surface area (Å²) < 4.78 is 32.5. The van der Waals surface area contributed by atoms with Gasteiger partial charge >= 0.3 is 0 Å². The fourth-order valence-electron chi connectivity index (χ4n) is 6.42. The minimum atomic E-state index is -4.36. The van der Waals surface area contributed by atoms with E-state index in [4.69, 9.17) is 0 Å². The predicted molar refractivity (Wildman–Crippen MR) is 225 cm³/mol. The van der Waals surface area contributed by atoms with E-state index in [0.29, 0.717) is 6.42 Å². The topological polar surface area (TPSA) is 104 Å².